The van der Waals surface area contributed by atoms with E-state index in [0.717, 1.165) is 31.9 Å². The summed E-state index contributed by atoms with van der Waals surface area (Å²) in [7, 11) is 3.72. The number of nitrogens with one attached hydrogen (secondary N) is 1. The number of ether oxygens (including phenoxy) is 1. The molecule has 0 saturated carbocycles. The fourth-order valence-corrected chi connectivity index (χ4v) is 2.04. The maximum absolute atomic E-state index is 5.35. The molecular formula is C12H19N3O. The largest absolute Gasteiger partial charge is 0.380 e. The lowest BCUT2D eigenvalue weighted by Crippen LogP contribution is -2.23. The van der Waals surface area contributed by atoms with Gasteiger partial charge in [-0.3, -0.25) is 0 Å². The molecule has 4 heteroatoms. The molecule has 0 bridgehead atoms. The van der Waals surface area contributed by atoms with Gasteiger partial charge in [-0.25, -0.2) is 4.98 Å². The third kappa shape index (κ3) is 2.51. The van der Waals surface area contributed by atoms with Crippen molar-refractivity contribution in [2.24, 2.45) is 0 Å². The van der Waals surface area contributed by atoms with Gasteiger partial charge in [0.2, 0.25) is 0 Å². The number of nitrogens with zero attached hydrogens (tertiary/aromatic N) is 2. The van der Waals surface area contributed by atoms with Gasteiger partial charge in [0.05, 0.1) is 6.10 Å². The van der Waals surface area contributed by atoms with Crippen LogP contribution in [0.5, 0.6) is 0 Å². The summed E-state index contributed by atoms with van der Waals surface area (Å²) in [5.74, 6) is 1.06. The molecule has 1 unspecified atom stereocenters. The van der Waals surface area contributed by atoms with Gasteiger partial charge in [0.25, 0.3) is 0 Å². The Labute approximate surface area is 96.6 Å². The third-order valence-electron chi connectivity index (χ3n) is 2.99. The van der Waals surface area contributed by atoms with Crippen molar-refractivity contribution in [1.82, 2.24) is 10.3 Å². The Kier molecular flexibility index (Phi) is 3.74. The lowest BCUT2D eigenvalue weighted by molar-refractivity contribution is 0.121. The average Bonchev–Trinajstić information content (AvgIpc) is 2.79. The van der Waals surface area contributed by atoms with E-state index in [9.17, 15) is 0 Å². The van der Waals surface area contributed by atoms with Crippen LogP contribution in [0.4, 0.5) is 5.82 Å². The summed E-state index contributed by atoms with van der Waals surface area (Å²) < 4.78 is 5.35. The molecule has 0 aromatic carbocycles. The maximum atomic E-state index is 5.35. The van der Waals surface area contributed by atoms with Crippen LogP contribution in [0.15, 0.2) is 18.3 Å². The van der Waals surface area contributed by atoms with Crippen molar-refractivity contribution in [3.8, 4) is 0 Å². The minimum Gasteiger partial charge on any atom is -0.380 e. The zero-order valence-electron chi connectivity index (χ0n) is 9.94. The van der Waals surface area contributed by atoms with Gasteiger partial charge in [0.15, 0.2) is 0 Å². The molecule has 88 valence electrons. The summed E-state index contributed by atoms with van der Waals surface area (Å²) in [5.41, 5.74) is 1.22. The molecule has 0 aliphatic carbocycles. The highest BCUT2D eigenvalue weighted by molar-refractivity contribution is 5.40. The van der Waals surface area contributed by atoms with E-state index in [2.05, 4.69) is 27.3 Å². The first-order valence-electron chi connectivity index (χ1n) is 5.70. The Morgan fingerprint density at radius 2 is 2.44 bits per heavy atom. The van der Waals surface area contributed by atoms with Crippen molar-refractivity contribution in [1.29, 1.82) is 0 Å². The molecule has 1 atom stereocenters. The molecule has 1 N–H and O–H groups in total. The second-order valence-electron chi connectivity index (χ2n) is 4.15. The predicted octanol–water partition coefficient (Wildman–Crippen LogP) is 1.03. The van der Waals surface area contributed by atoms with E-state index < -0.39 is 0 Å². The molecule has 0 radical (unpaired) electrons. The zero-order valence-corrected chi connectivity index (χ0v) is 9.94. The van der Waals surface area contributed by atoms with Crippen molar-refractivity contribution in [2.75, 3.05) is 32.1 Å². The van der Waals surface area contributed by atoms with Gasteiger partial charge < -0.3 is 15.0 Å². The van der Waals surface area contributed by atoms with Crippen LogP contribution in [0, 0.1) is 0 Å². The summed E-state index contributed by atoms with van der Waals surface area (Å²) in [5, 5.41) is 3.12. The molecule has 0 spiro atoms. The molecule has 1 saturated heterocycles. The Hall–Kier alpha value is -1.13. The predicted molar refractivity (Wildman–Crippen MR) is 64.6 cm³/mol. The van der Waals surface area contributed by atoms with Gasteiger partial charge in [-0.15, -0.1) is 0 Å². The first-order chi connectivity index (χ1) is 7.83. The minimum atomic E-state index is 0.360. The van der Waals surface area contributed by atoms with E-state index in [-0.39, 0.29) is 0 Å². The average molecular weight is 221 g/mol. The smallest absolute Gasteiger partial charge is 0.128 e. The highest BCUT2D eigenvalue weighted by Gasteiger charge is 2.22. The van der Waals surface area contributed by atoms with Crippen LogP contribution in [0.3, 0.4) is 0 Å². The number of aromatic nitrogens is 1. The second kappa shape index (κ2) is 5.27. The van der Waals surface area contributed by atoms with E-state index in [1.165, 1.54) is 5.56 Å². The van der Waals surface area contributed by atoms with Crippen molar-refractivity contribution in [2.45, 2.75) is 19.1 Å². The van der Waals surface area contributed by atoms with Crippen LogP contribution in [0.25, 0.3) is 0 Å². The third-order valence-corrected chi connectivity index (χ3v) is 2.99. The Morgan fingerprint density at radius 3 is 3.00 bits per heavy atom. The zero-order chi connectivity index (χ0) is 11.4. The van der Waals surface area contributed by atoms with Crippen LogP contribution in [0.2, 0.25) is 0 Å². The number of methoxy groups -OCH3 is 1. The summed E-state index contributed by atoms with van der Waals surface area (Å²) in [4.78, 5) is 6.75. The van der Waals surface area contributed by atoms with E-state index >= 15 is 0 Å². The number of hydrogen-bond acceptors (Lipinski definition) is 4. The van der Waals surface area contributed by atoms with Gasteiger partial charge in [0.1, 0.15) is 5.82 Å². The van der Waals surface area contributed by atoms with Crippen LogP contribution in [-0.4, -0.2) is 38.3 Å². The SMILES string of the molecule is CNCc1ccc(N2CCC(OC)C2)nc1. The molecule has 0 amide bonds. The van der Waals surface area contributed by atoms with E-state index in [0.29, 0.717) is 6.10 Å². The molecule has 1 aromatic rings. The van der Waals surface area contributed by atoms with E-state index in [1.807, 2.05) is 13.2 Å². The van der Waals surface area contributed by atoms with Crippen molar-refractivity contribution in [3.05, 3.63) is 23.9 Å². The lowest BCUT2D eigenvalue weighted by atomic mass is 10.3. The molecule has 1 aromatic heterocycles. The van der Waals surface area contributed by atoms with Crippen LogP contribution in [0.1, 0.15) is 12.0 Å². The van der Waals surface area contributed by atoms with Crippen molar-refractivity contribution in [3.63, 3.8) is 0 Å². The number of pyridine rings is 1. The number of anilines is 1. The normalized spacial score (nSPS) is 20.4. The van der Waals surface area contributed by atoms with Crippen LogP contribution < -0.4 is 10.2 Å². The molecule has 4 nitrogen and oxygen atoms in total. The molecule has 1 fully saturated rings. The summed E-state index contributed by atoms with van der Waals surface area (Å²) in [6.45, 7) is 2.86. The monoisotopic (exact) mass is 221 g/mol. The van der Waals surface area contributed by atoms with Crippen molar-refractivity contribution >= 4 is 5.82 Å². The molecule has 2 heterocycles. The molecule has 16 heavy (non-hydrogen) atoms. The van der Waals surface area contributed by atoms with Gasteiger partial charge in [0, 0.05) is 32.9 Å². The molecule has 1 aliphatic heterocycles. The Bertz CT molecular complexity index is 326. The first kappa shape index (κ1) is 11.4. The topological polar surface area (TPSA) is 37.4 Å². The minimum absolute atomic E-state index is 0.360. The Morgan fingerprint density at radius 1 is 1.56 bits per heavy atom. The van der Waals surface area contributed by atoms with Gasteiger partial charge in [-0.1, -0.05) is 6.07 Å². The van der Waals surface area contributed by atoms with Crippen LogP contribution in [-0.2, 0) is 11.3 Å². The lowest BCUT2D eigenvalue weighted by Gasteiger charge is -2.17. The standard InChI is InChI=1S/C12H19N3O/c1-13-7-10-3-4-12(14-8-10)15-6-5-11(9-15)16-2/h3-4,8,11,13H,5-7,9H2,1-2H3. The summed E-state index contributed by atoms with van der Waals surface area (Å²) in [6, 6.07) is 4.21. The molecular weight excluding hydrogens is 202 g/mol. The summed E-state index contributed by atoms with van der Waals surface area (Å²) in [6.07, 6.45) is 3.39. The number of rotatable bonds is 4. The quantitative estimate of drug-likeness (QED) is 0.824. The first-order valence-corrected chi connectivity index (χ1v) is 5.70. The Balaban J connectivity index is 1.99. The fraction of sp³-hybridized carbons (Fsp3) is 0.583. The molecule has 2 rings (SSSR count). The van der Waals surface area contributed by atoms with Gasteiger partial charge >= 0.3 is 0 Å². The second-order valence-corrected chi connectivity index (χ2v) is 4.15. The number of hydrogen-bond donors (Lipinski definition) is 1. The van der Waals surface area contributed by atoms with Crippen LogP contribution >= 0.6 is 0 Å². The van der Waals surface area contributed by atoms with Gasteiger partial charge in [-0.2, -0.15) is 0 Å². The fourth-order valence-electron chi connectivity index (χ4n) is 2.04. The van der Waals surface area contributed by atoms with Crippen molar-refractivity contribution < 1.29 is 4.74 Å². The van der Waals surface area contributed by atoms with E-state index in [4.69, 9.17) is 4.74 Å². The molecule has 1 aliphatic rings. The maximum Gasteiger partial charge on any atom is 0.128 e. The highest BCUT2D eigenvalue weighted by Crippen LogP contribution is 2.19. The van der Waals surface area contributed by atoms with E-state index in [1.54, 1.807) is 7.11 Å². The highest BCUT2D eigenvalue weighted by atomic mass is 16.5. The summed E-state index contributed by atoms with van der Waals surface area (Å²) >= 11 is 0. The van der Waals surface area contributed by atoms with Gasteiger partial charge in [-0.05, 0) is 25.1 Å².